The van der Waals surface area contributed by atoms with Crippen molar-refractivity contribution in [3.8, 4) is 17.6 Å². The maximum absolute atomic E-state index is 13.0. The first-order valence-corrected chi connectivity index (χ1v) is 8.04. The van der Waals surface area contributed by atoms with Gasteiger partial charge in [-0.25, -0.2) is 4.79 Å². The minimum absolute atomic E-state index is 0.135. The molecule has 7 nitrogen and oxygen atoms in total. The monoisotopic (exact) mass is 349 g/mol. The van der Waals surface area contributed by atoms with Gasteiger partial charge in [-0.15, -0.1) is 0 Å². The average Bonchev–Trinajstić information content (AvgIpc) is 3.21. The summed E-state index contributed by atoms with van der Waals surface area (Å²) in [6.45, 7) is 1.95. The van der Waals surface area contributed by atoms with E-state index in [0.29, 0.717) is 22.6 Å². The third-order valence-electron chi connectivity index (χ3n) is 4.65. The van der Waals surface area contributed by atoms with Gasteiger partial charge in [0.15, 0.2) is 11.5 Å². The smallest absolute Gasteiger partial charge is 0.325 e. The van der Waals surface area contributed by atoms with Crippen molar-refractivity contribution in [2.45, 2.75) is 19.0 Å². The molecule has 1 N–H and O–H groups in total. The molecule has 1 fully saturated rings. The number of carbonyl (C=O) groups excluding carboxylic acids is 2. The Morgan fingerprint density at radius 2 is 1.88 bits per heavy atom. The second kappa shape index (κ2) is 5.77. The summed E-state index contributed by atoms with van der Waals surface area (Å²) in [5.41, 5.74) is 0.742. The first-order chi connectivity index (χ1) is 12.5. The molecule has 7 heteroatoms. The summed E-state index contributed by atoms with van der Waals surface area (Å²) >= 11 is 0. The molecule has 0 aromatic heterocycles. The van der Waals surface area contributed by atoms with E-state index in [4.69, 9.17) is 14.7 Å². The Kier molecular flexibility index (Phi) is 3.55. The number of amides is 3. The van der Waals surface area contributed by atoms with E-state index in [9.17, 15) is 9.59 Å². The minimum Gasteiger partial charge on any atom is -0.454 e. The number of hydrogen-bond acceptors (Lipinski definition) is 5. The number of carbonyl (C=O) groups is 2. The summed E-state index contributed by atoms with van der Waals surface area (Å²) in [5, 5.41) is 11.6. The van der Waals surface area contributed by atoms with Crippen molar-refractivity contribution in [2.75, 3.05) is 6.79 Å². The molecule has 2 heterocycles. The molecular formula is C19H15N3O4. The van der Waals surface area contributed by atoms with E-state index in [2.05, 4.69) is 5.32 Å². The lowest BCUT2D eigenvalue weighted by atomic mass is 9.91. The molecule has 3 amide bonds. The SMILES string of the molecule is C[C@]1(c2ccc3c(c2)OCO3)NC(=O)N(Cc2ccc(C#N)cc2)C1=O. The molecule has 2 aromatic carbocycles. The van der Waals surface area contributed by atoms with E-state index in [1.54, 1.807) is 49.4 Å². The zero-order valence-electron chi connectivity index (χ0n) is 14.0. The highest BCUT2D eigenvalue weighted by Gasteiger charge is 2.49. The van der Waals surface area contributed by atoms with E-state index >= 15 is 0 Å². The van der Waals surface area contributed by atoms with Crippen LogP contribution >= 0.6 is 0 Å². The Hall–Kier alpha value is -3.53. The maximum atomic E-state index is 13.0. The second-order valence-corrected chi connectivity index (χ2v) is 6.32. The molecule has 2 aliphatic heterocycles. The van der Waals surface area contributed by atoms with E-state index in [1.165, 1.54) is 4.90 Å². The van der Waals surface area contributed by atoms with E-state index in [0.717, 1.165) is 5.56 Å². The van der Waals surface area contributed by atoms with E-state index in [1.807, 2.05) is 6.07 Å². The maximum Gasteiger partial charge on any atom is 0.325 e. The first kappa shape index (κ1) is 16.0. The number of nitrogens with zero attached hydrogens (tertiary/aromatic N) is 2. The fourth-order valence-corrected chi connectivity index (χ4v) is 3.11. The average molecular weight is 349 g/mol. The number of benzene rings is 2. The second-order valence-electron chi connectivity index (χ2n) is 6.32. The summed E-state index contributed by atoms with van der Waals surface area (Å²) in [6, 6.07) is 13.5. The normalized spacial score (nSPS) is 20.8. The van der Waals surface area contributed by atoms with Gasteiger partial charge < -0.3 is 14.8 Å². The van der Waals surface area contributed by atoms with Crippen LogP contribution in [0.5, 0.6) is 11.5 Å². The van der Waals surface area contributed by atoms with Crippen molar-refractivity contribution in [3.63, 3.8) is 0 Å². The van der Waals surface area contributed by atoms with Crippen molar-refractivity contribution in [2.24, 2.45) is 0 Å². The van der Waals surface area contributed by atoms with Crippen molar-refractivity contribution in [3.05, 3.63) is 59.2 Å². The molecule has 0 spiro atoms. The highest BCUT2D eigenvalue weighted by Crippen LogP contribution is 2.38. The number of nitrogens with one attached hydrogen (secondary N) is 1. The zero-order valence-corrected chi connectivity index (χ0v) is 14.0. The molecule has 0 bridgehead atoms. The van der Waals surface area contributed by atoms with Crippen LogP contribution in [0.2, 0.25) is 0 Å². The van der Waals surface area contributed by atoms with Crippen LogP contribution in [-0.4, -0.2) is 23.6 Å². The number of ether oxygens (including phenoxy) is 2. The summed E-state index contributed by atoms with van der Waals surface area (Å²) in [7, 11) is 0. The first-order valence-electron chi connectivity index (χ1n) is 8.04. The predicted molar refractivity (Wildman–Crippen MR) is 90.2 cm³/mol. The number of hydrogen-bond donors (Lipinski definition) is 1. The van der Waals surface area contributed by atoms with Gasteiger partial charge in [-0.1, -0.05) is 18.2 Å². The largest absolute Gasteiger partial charge is 0.454 e. The molecule has 1 saturated heterocycles. The number of nitriles is 1. The third kappa shape index (κ3) is 2.43. The Morgan fingerprint density at radius 1 is 1.15 bits per heavy atom. The molecule has 0 aliphatic carbocycles. The van der Waals surface area contributed by atoms with E-state index < -0.39 is 11.6 Å². The van der Waals surface area contributed by atoms with Gasteiger partial charge in [-0.3, -0.25) is 9.69 Å². The van der Waals surface area contributed by atoms with Gasteiger partial charge >= 0.3 is 6.03 Å². The Labute approximate surface area is 149 Å². The van der Waals surface area contributed by atoms with Gasteiger partial charge in [-0.05, 0) is 42.3 Å². The number of imide groups is 1. The number of fused-ring (bicyclic) bond motifs is 1. The number of urea groups is 1. The molecule has 130 valence electrons. The molecule has 0 unspecified atom stereocenters. The Balaban J connectivity index is 1.60. The lowest BCUT2D eigenvalue weighted by Gasteiger charge is -2.22. The fourth-order valence-electron chi connectivity index (χ4n) is 3.11. The van der Waals surface area contributed by atoms with Gasteiger partial charge in [0.05, 0.1) is 18.2 Å². The highest BCUT2D eigenvalue weighted by atomic mass is 16.7. The third-order valence-corrected chi connectivity index (χ3v) is 4.65. The molecular weight excluding hydrogens is 334 g/mol. The van der Waals surface area contributed by atoms with Crippen molar-refractivity contribution in [1.29, 1.82) is 5.26 Å². The van der Waals surface area contributed by atoms with Crippen LogP contribution in [0.3, 0.4) is 0 Å². The molecule has 1 atom stereocenters. The van der Waals surface area contributed by atoms with Gasteiger partial charge in [0, 0.05) is 0 Å². The summed E-state index contributed by atoms with van der Waals surface area (Å²) in [4.78, 5) is 26.6. The highest BCUT2D eigenvalue weighted by molar-refractivity contribution is 6.07. The van der Waals surface area contributed by atoms with Crippen molar-refractivity contribution < 1.29 is 19.1 Å². The lowest BCUT2D eigenvalue weighted by molar-refractivity contribution is -0.131. The van der Waals surface area contributed by atoms with Crippen LogP contribution in [-0.2, 0) is 16.9 Å². The van der Waals surface area contributed by atoms with Gasteiger partial charge in [-0.2, -0.15) is 5.26 Å². The summed E-state index contributed by atoms with van der Waals surface area (Å²) in [6.07, 6.45) is 0. The summed E-state index contributed by atoms with van der Waals surface area (Å²) < 4.78 is 10.7. The van der Waals surface area contributed by atoms with Crippen LogP contribution in [0.25, 0.3) is 0 Å². The molecule has 4 rings (SSSR count). The number of rotatable bonds is 3. The molecule has 0 radical (unpaired) electrons. The molecule has 2 aliphatic rings. The topological polar surface area (TPSA) is 91.7 Å². The zero-order chi connectivity index (χ0) is 18.3. The van der Waals surface area contributed by atoms with Gasteiger partial charge in [0.1, 0.15) is 5.54 Å². The minimum atomic E-state index is -1.18. The predicted octanol–water partition coefficient (Wildman–Crippen LogP) is 2.25. The fraction of sp³-hybridized carbons (Fsp3) is 0.211. The van der Waals surface area contributed by atoms with E-state index in [-0.39, 0.29) is 19.2 Å². The Morgan fingerprint density at radius 3 is 2.62 bits per heavy atom. The van der Waals surface area contributed by atoms with Crippen LogP contribution in [0, 0.1) is 11.3 Å². The molecule has 2 aromatic rings. The lowest BCUT2D eigenvalue weighted by Crippen LogP contribution is -2.40. The molecule has 26 heavy (non-hydrogen) atoms. The summed E-state index contributed by atoms with van der Waals surface area (Å²) in [5.74, 6) is 0.825. The van der Waals surface area contributed by atoms with Crippen LogP contribution in [0.4, 0.5) is 4.79 Å². The van der Waals surface area contributed by atoms with Crippen LogP contribution in [0.15, 0.2) is 42.5 Å². The Bertz CT molecular complexity index is 948. The van der Waals surface area contributed by atoms with Gasteiger partial charge in [0.2, 0.25) is 6.79 Å². The standard InChI is InChI=1S/C19H15N3O4/c1-19(14-6-7-15-16(8-14)26-11-25-15)17(23)22(18(24)21-19)10-13-4-2-12(9-20)3-5-13/h2-8H,10-11H2,1H3,(H,21,24)/t19-/m1/s1. The van der Waals surface area contributed by atoms with Crippen LogP contribution < -0.4 is 14.8 Å². The van der Waals surface area contributed by atoms with Crippen molar-refractivity contribution >= 4 is 11.9 Å². The van der Waals surface area contributed by atoms with Gasteiger partial charge in [0.25, 0.3) is 5.91 Å². The van der Waals surface area contributed by atoms with Crippen LogP contribution in [0.1, 0.15) is 23.6 Å². The van der Waals surface area contributed by atoms with Crippen molar-refractivity contribution in [1.82, 2.24) is 10.2 Å². The quantitative estimate of drug-likeness (QED) is 0.858. The molecule has 0 saturated carbocycles.